The van der Waals surface area contributed by atoms with Crippen LogP contribution in [-0.4, -0.2) is 0 Å². The van der Waals surface area contributed by atoms with Gasteiger partial charge in [-0.05, 0) is 0 Å². The van der Waals surface area contributed by atoms with Crippen LogP contribution in [0.2, 0.25) is 0 Å². The van der Waals surface area contributed by atoms with Crippen molar-refractivity contribution in [1.82, 2.24) is 0 Å². The van der Waals surface area contributed by atoms with Crippen LogP contribution >= 0.6 is 18.2 Å². The maximum atomic E-state index is 8.06. The summed E-state index contributed by atoms with van der Waals surface area (Å²) in [4.78, 5) is 0. The molecule has 0 N–H and O–H groups in total. The van der Waals surface area contributed by atoms with Crippen molar-refractivity contribution < 1.29 is 27.9 Å². The molecule has 0 amide bonds. The van der Waals surface area contributed by atoms with Gasteiger partial charge in [0, 0.05) is 0 Å². The van der Waals surface area contributed by atoms with Crippen LogP contribution in [0.3, 0.4) is 0 Å². The van der Waals surface area contributed by atoms with E-state index in [1.165, 1.54) is 0 Å². The smallest absolute Gasteiger partial charge is 0.138 e. The van der Waals surface area contributed by atoms with Crippen LogP contribution in [0, 0.1) is 0 Å². The third-order valence-electron chi connectivity index (χ3n) is 0. The maximum Gasteiger partial charge on any atom is 0.138 e. The molecule has 0 saturated heterocycles. The van der Waals surface area contributed by atoms with Crippen LogP contribution in [0.1, 0.15) is 0 Å². The molecule has 8 heteroatoms. The van der Waals surface area contributed by atoms with Gasteiger partial charge in [0.05, 0.1) is 0 Å². The Hall–Kier alpha value is -0.0800. The van der Waals surface area contributed by atoms with E-state index in [0.717, 1.165) is 0 Å². The van der Waals surface area contributed by atoms with E-state index in [1.54, 1.807) is 18.2 Å². The molecule has 0 aromatic carbocycles. The minimum atomic E-state index is 0. The maximum absolute atomic E-state index is 8.06. The Bertz CT molecular complexity index is 14.0. The zero-order valence-corrected chi connectivity index (χ0v) is 5.45. The molecule has 0 rings (SSSR count). The SMILES string of the molecule is F.F.F.F.O=P.O=P. The van der Waals surface area contributed by atoms with Crippen LogP contribution in [0.15, 0.2) is 0 Å². The topological polar surface area (TPSA) is 34.1 Å². The van der Waals surface area contributed by atoms with Crippen molar-refractivity contribution in [2.75, 3.05) is 0 Å². The van der Waals surface area contributed by atoms with E-state index in [-0.39, 0.29) is 18.8 Å². The number of rotatable bonds is 0. The molecule has 0 heterocycles. The van der Waals surface area contributed by atoms with E-state index < -0.39 is 0 Å². The molecule has 0 aromatic heterocycles. The Morgan fingerprint density at radius 2 is 0.500 bits per heavy atom. The monoisotopic (exact) mass is 176 g/mol. The highest BCUT2D eigenvalue weighted by molar-refractivity contribution is 7.00. The minimum absolute atomic E-state index is 0. The summed E-state index contributed by atoms with van der Waals surface area (Å²) in [6.07, 6.45) is 0. The lowest BCUT2D eigenvalue weighted by Crippen LogP contribution is -0.489. The molecule has 0 aliphatic carbocycles. The molecule has 0 atom stereocenters. The zero-order valence-electron chi connectivity index (χ0n) is 3.45. The van der Waals surface area contributed by atoms with E-state index in [9.17, 15) is 0 Å². The summed E-state index contributed by atoms with van der Waals surface area (Å²) in [5.41, 5.74) is 0. The fraction of sp³-hybridized carbons (Fsp3) is 0. The Kier molecular flexibility index (Phi) is 487000. The van der Waals surface area contributed by atoms with Crippen LogP contribution in [-0.2, 0) is 9.13 Å². The number of halogens is 4. The molecular weight excluding hydrogens is 170 g/mol. The summed E-state index contributed by atoms with van der Waals surface area (Å²) in [5, 5.41) is 0. The highest BCUT2D eigenvalue weighted by atomic mass is 31.0. The number of hydrogen-bond acceptors (Lipinski definition) is 2. The Morgan fingerprint density at radius 3 is 0.500 bits per heavy atom. The van der Waals surface area contributed by atoms with Gasteiger partial charge in [0.1, 0.15) is 18.2 Å². The van der Waals surface area contributed by atoms with E-state index in [0.29, 0.717) is 0 Å². The molecule has 8 heavy (non-hydrogen) atoms. The Morgan fingerprint density at radius 1 is 0.500 bits per heavy atom. The molecule has 0 bridgehead atoms. The van der Waals surface area contributed by atoms with Gasteiger partial charge in [0.15, 0.2) is 0 Å². The molecule has 0 spiro atoms. The lowest BCUT2D eigenvalue weighted by molar-refractivity contribution is 0.607. The average Bonchev–Trinajstić information content (AvgIpc) is 1.50. The zero-order chi connectivity index (χ0) is 4.00. The predicted molar refractivity (Wildman–Crippen MR) is 28.0 cm³/mol. The molecule has 0 radical (unpaired) electrons. The van der Waals surface area contributed by atoms with Crippen LogP contribution in [0.5, 0.6) is 0 Å². The fourth-order valence-electron chi connectivity index (χ4n) is 0. The van der Waals surface area contributed by atoms with E-state index >= 15 is 0 Å². The lowest BCUT2D eigenvalue weighted by Gasteiger charge is -0.807. The van der Waals surface area contributed by atoms with Crippen LogP contribution in [0.4, 0.5) is 18.8 Å². The van der Waals surface area contributed by atoms with E-state index in [1.807, 2.05) is 0 Å². The van der Waals surface area contributed by atoms with E-state index in [2.05, 4.69) is 0 Å². The van der Waals surface area contributed by atoms with Gasteiger partial charge in [-0.3, -0.25) is 27.9 Å². The Labute approximate surface area is 47.4 Å². The lowest BCUT2D eigenvalue weighted by atomic mass is 16.0. The molecule has 2 nitrogen and oxygen atoms in total. The molecule has 0 saturated carbocycles. The average molecular weight is 176 g/mol. The van der Waals surface area contributed by atoms with Gasteiger partial charge in [-0.1, -0.05) is 0 Å². The number of hydrogen-bond donors (Lipinski definition) is 0. The molecule has 0 aliphatic heterocycles. The second kappa shape index (κ2) is 37900. The van der Waals surface area contributed by atoms with Crippen molar-refractivity contribution in [3.8, 4) is 0 Å². The Balaban J connectivity index is -0.00000000167. The van der Waals surface area contributed by atoms with Crippen molar-refractivity contribution >= 4 is 18.2 Å². The summed E-state index contributed by atoms with van der Waals surface area (Å²) < 4.78 is 16.1. The van der Waals surface area contributed by atoms with Gasteiger partial charge in [0.2, 0.25) is 0 Å². The first-order valence-corrected chi connectivity index (χ1v) is 1.22. The highest BCUT2D eigenvalue weighted by Crippen LogP contribution is 1.23. The van der Waals surface area contributed by atoms with Gasteiger partial charge in [-0.15, -0.1) is 0 Å². The van der Waals surface area contributed by atoms with Gasteiger partial charge < -0.3 is 0 Å². The molecular formula is H6F4O2P2. The minimum Gasteiger partial charge on any atom is -0.279 e. The molecule has 56 valence electrons. The summed E-state index contributed by atoms with van der Waals surface area (Å²) in [5.74, 6) is 0. The summed E-state index contributed by atoms with van der Waals surface area (Å²) >= 11 is 0. The van der Waals surface area contributed by atoms with Gasteiger partial charge >= 0.3 is 0 Å². The first kappa shape index (κ1) is 103. The molecule has 0 aromatic rings. The van der Waals surface area contributed by atoms with E-state index in [4.69, 9.17) is 9.13 Å². The largest absolute Gasteiger partial charge is 0.279 e. The molecule has 0 aliphatic rings. The van der Waals surface area contributed by atoms with Crippen molar-refractivity contribution in [3.63, 3.8) is 0 Å². The van der Waals surface area contributed by atoms with Crippen LogP contribution in [0.25, 0.3) is 0 Å². The van der Waals surface area contributed by atoms with Crippen molar-refractivity contribution in [3.05, 3.63) is 0 Å². The third-order valence-corrected chi connectivity index (χ3v) is 0. The van der Waals surface area contributed by atoms with Crippen LogP contribution < -0.4 is 0 Å². The summed E-state index contributed by atoms with van der Waals surface area (Å²) in [6.45, 7) is 0. The normalized spacial score (nSPS) is 1.00. The molecule has 0 fully saturated rings. The highest BCUT2D eigenvalue weighted by Gasteiger charge is 0.669. The van der Waals surface area contributed by atoms with Gasteiger partial charge in [0.25, 0.3) is 0 Å². The van der Waals surface area contributed by atoms with Crippen molar-refractivity contribution in [2.24, 2.45) is 0 Å². The van der Waals surface area contributed by atoms with Crippen molar-refractivity contribution in [1.29, 1.82) is 0 Å². The first-order chi connectivity index (χ1) is 2.00. The molecule has 0 unspecified atom stereocenters. The standard InChI is InChI=1S/4FH.2HOP/c;;;;2*1-2/h4*1H;2*2H. The summed E-state index contributed by atoms with van der Waals surface area (Å²) in [6, 6.07) is 0. The van der Waals surface area contributed by atoms with Gasteiger partial charge in [-0.2, -0.15) is 0 Å². The quantitative estimate of drug-likeness (QED) is 0.414. The third kappa shape index (κ3) is 22400. The second-order valence-corrected chi connectivity index (χ2v) is 0. The second-order valence-electron chi connectivity index (χ2n) is 0. The summed E-state index contributed by atoms with van der Waals surface area (Å²) in [7, 11) is 3.44. The van der Waals surface area contributed by atoms with Gasteiger partial charge in [-0.25, -0.2) is 0 Å². The fourth-order valence-corrected chi connectivity index (χ4v) is 0. The predicted octanol–water partition coefficient (Wildman–Crippen LogP) is 1.56. The first-order valence-electron chi connectivity index (χ1n) is 0.408. The van der Waals surface area contributed by atoms with Crippen molar-refractivity contribution in [2.45, 2.75) is 0 Å².